The van der Waals surface area contributed by atoms with Gasteiger partial charge < -0.3 is 10.2 Å². The van der Waals surface area contributed by atoms with Gasteiger partial charge in [-0.1, -0.05) is 13.8 Å². The average Bonchev–Trinajstić information content (AvgIpc) is 2.95. The van der Waals surface area contributed by atoms with Crippen LogP contribution in [0.15, 0.2) is 0 Å². The molecule has 1 spiro atoms. The minimum Gasteiger partial charge on any atom is -0.317 e. The van der Waals surface area contributed by atoms with Crippen LogP contribution in [0.25, 0.3) is 0 Å². The van der Waals surface area contributed by atoms with Gasteiger partial charge in [-0.2, -0.15) is 0 Å². The van der Waals surface area contributed by atoms with Crippen molar-refractivity contribution in [1.29, 1.82) is 0 Å². The smallest absolute Gasteiger partial charge is 0.00152 e. The van der Waals surface area contributed by atoms with Crippen molar-refractivity contribution in [3.63, 3.8) is 0 Å². The van der Waals surface area contributed by atoms with E-state index in [1.165, 1.54) is 64.8 Å². The first-order chi connectivity index (χ1) is 8.10. The van der Waals surface area contributed by atoms with Gasteiger partial charge in [-0.05, 0) is 75.0 Å². The van der Waals surface area contributed by atoms with E-state index in [0.29, 0.717) is 5.41 Å². The highest BCUT2D eigenvalue weighted by molar-refractivity contribution is 5.05. The largest absolute Gasteiger partial charge is 0.317 e. The maximum absolute atomic E-state index is 3.50. The Hall–Kier alpha value is -0.0800. The summed E-state index contributed by atoms with van der Waals surface area (Å²) in [7, 11) is 0. The van der Waals surface area contributed by atoms with Crippen molar-refractivity contribution in [2.75, 3.05) is 32.7 Å². The molecule has 0 bridgehead atoms. The molecule has 0 aromatic rings. The van der Waals surface area contributed by atoms with Crippen LogP contribution in [-0.4, -0.2) is 37.6 Å². The molecule has 98 valence electrons. The molecule has 0 radical (unpaired) electrons. The average molecular weight is 236 g/mol. The van der Waals surface area contributed by atoms with Crippen LogP contribution >= 0.6 is 0 Å². The molecule has 2 nitrogen and oxygen atoms in total. The molecular formula is C15H28N2. The molecule has 17 heavy (non-hydrogen) atoms. The van der Waals surface area contributed by atoms with E-state index in [4.69, 9.17) is 0 Å². The summed E-state index contributed by atoms with van der Waals surface area (Å²) in [6, 6.07) is 0. The Morgan fingerprint density at radius 2 is 1.71 bits per heavy atom. The highest BCUT2D eigenvalue weighted by atomic mass is 15.1. The number of nitrogens with one attached hydrogen (secondary N) is 1. The van der Waals surface area contributed by atoms with E-state index >= 15 is 0 Å². The van der Waals surface area contributed by atoms with E-state index < -0.39 is 0 Å². The number of hydrogen-bond donors (Lipinski definition) is 1. The normalized spacial score (nSPS) is 36.0. The van der Waals surface area contributed by atoms with Crippen LogP contribution in [0.1, 0.15) is 46.0 Å². The molecule has 2 heterocycles. The first-order valence-electron chi connectivity index (χ1n) is 7.53. The van der Waals surface area contributed by atoms with Gasteiger partial charge in [0.25, 0.3) is 0 Å². The molecule has 1 N–H and O–H groups in total. The Labute approximate surface area is 106 Å². The van der Waals surface area contributed by atoms with Gasteiger partial charge in [0, 0.05) is 6.54 Å². The second-order valence-corrected chi connectivity index (χ2v) is 7.48. The number of nitrogens with zero attached hydrogens (tertiary/aromatic N) is 1. The number of hydrogen-bond acceptors (Lipinski definition) is 2. The lowest BCUT2D eigenvalue weighted by atomic mass is 9.82. The zero-order valence-electron chi connectivity index (χ0n) is 11.6. The highest BCUT2D eigenvalue weighted by Gasteiger charge is 2.53. The van der Waals surface area contributed by atoms with E-state index in [2.05, 4.69) is 24.1 Å². The van der Waals surface area contributed by atoms with Crippen LogP contribution in [0.4, 0.5) is 0 Å². The van der Waals surface area contributed by atoms with E-state index in [9.17, 15) is 0 Å². The fourth-order valence-electron chi connectivity index (χ4n) is 3.88. The summed E-state index contributed by atoms with van der Waals surface area (Å²) in [5.41, 5.74) is 1.38. The van der Waals surface area contributed by atoms with Crippen LogP contribution in [0.5, 0.6) is 0 Å². The Balaban J connectivity index is 1.47. The summed E-state index contributed by atoms with van der Waals surface area (Å²) in [4.78, 5) is 2.74. The van der Waals surface area contributed by atoms with Crippen LogP contribution in [0.2, 0.25) is 0 Å². The quantitative estimate of drug-likeness (QED) is 0.792. The van der Waals surface area contributed by atoms with E-state index in [1.807, 2.05) is 0 Å². The van der Waals surface area contributed by atoms with Gasteiger partial charge in [-0.25, -0.2) is 0 Å². The monoisotopic (exact) mass is 236 g/mol. The summed E-state index contributed by atoms with van der Waals surface area (Å²) in [5.74, 6) is 1.03. The van der Waals surface area contributed by atoms with Crippen molar-refractivity contribution in [1.82, 2.24) is 10.2 Å². The predicted molar refractivity (Wildman–Crippen MR) is 72.1 cm³/mol. The lowest BCUT2D eigenvalue weighted by Crippen LogP contribution is -2.39. The topological polar surface area (TPSA) is 15.3 Å². The van der Waals surface area contributed by atoms with Crippen molar-refractivity contribution in [3.8, 4) is 0 Å². The Kier molecular flexibility index (Phi) is 2.99. The molecule has 1 unspecified atom stereocenters. The third-order valence-corrected chi connectivity index (χ3v) is 5.65. The summed E-state index contributed by atoms with van der Waals surface area (Å²) < 4.78 is 0. The van der Waals surface area contributed by atoms with Crippen LogP contribution in [-0.2, 0) is 0 Å². The second-order valence-electron chi connectivity index (χ2n) is 7.48. The summed E-state index contributed by atoms with van der Waals surface area (Å²) in [5, 5.41) is 3.50. The fourth-order valence-corrected chi connectivity index (χ4v) is 3.88. The van der Waals surface area contributed by atoms with Gasteiger partial charge in [0.1, 0.15) is 0 Å². The molecule has 1 aliphatic carbocycles. The van der Waals surface area contributed by atoms with Gasteiger partial charge >= 0.3 is 0 Å². The predicted octanol–water partition coefficient (Wildman–Crippen LogP) is 2.50. The van der Waals surface area contributed by atoms with Crippen LogP contribution in [0, 0.1) is 16.7 Å². The molecule has 2 aliphatic heterocycles. The SMILES string of the molecule is CC1(C)CCN(CC2CC23CCNCC3)CC1. The Morgan fingerprint density at radius 3 is 2.35 bits per heavy atom. The second kappa shape index (κ2) is 4.24. The van der Waals surface area contributed by atoms with Gasteiger partial charge in [-0.15, -0.1) is 0 Å². The molecule has 0 amide bonds. The summed E-state index contributed by atoms with van der Waals surface area (Å²) in [6.45, 7) is 11.5. The van der Waals surface area contributed by atoms with Crippen molar-refractivity contribution in [2.24, 2.45) is 16.7 Å². The Morgan fingerprint density at radius 1 is 1.06 bits per heavy atom. The molecule has 3 aliphatic rings. The number of likely N-dealkylation sites (tertiary alicyclic amines) is 1. The maximum Gasteiger partial charge on any atom is 0.00152 e. The van der Waals surface area contributed by atoms with Gasteiger partial charge in [0.2, 0.25) is 0 Å². The third-order valence-electron chi connectivity index (χ3n) is 5.65. The first kappa shape index (κ1) is 12.0. The van der Waals surface area contributed by atoms with E-state index in [0.717, 1.165) is 11.3 Å². The van der Waals surface area contributed by atoms with Crippen LogP contribution in [0.3, 0.4) is 0 Å². The highest BCUT2D eigenvalue weighted by Crippen LogP contribution is 2.58. The molecule has 1 atom stereocenters. The third kappa shape index (κ3) is 2.53. The summed E-state index contributed by atoms with van der Waals surface area (Å²) >= 11 is 0. The van der Waals surface area contributed by atoms with Gasteiger partial charge in [-0.3, -0.25) is 0 Å². The molecule has 2 heteroatoms. The lowest BCUT2D eigenvalue weighted by Gasteiger charge is -2.37. The molecular weight excluding hydrogens is 208 g/mol. The zero-order chi connectivity index (χ0) is 11.9. The molecule has 3 rings (SSSR count). The molecule has 0 aromatic carbocycles. The van der Waals surface area contributed by atoms with Crippen molar-refractivity contribution in [3.05, 3.63) is 0 Å². The van der Waals surface area contributed by atoms with Crippen molar-refractivity contribution < 1.29 is 0 Å². The lowest BCUT2D eigenvalue weighted by molar-refractivity contribution is 0.121. The molecule has 3 fully saturated rings. The Bertz CT molecular complexity index is 269. The number of piperidine rings is 2. The molecule has 1 saturated carbocycles. The van der Waals surface area contributed by atoms with E-state index in [1.54, 1.807) is 0 Å². The van der Waals surface area contributed by atoms with Gasteiger partial charge in [0.15, 0.2) is 0 Å². The molecule has 0 aromatic heterocycles. The minimum atomic E-state index is 0.604. The fraction of sp³-hybridized carbons (Fsp3) is 1.00. The number of rotatable bonds is 2. The van der Waals surface area contributed by atoms with Crippen molar-refractivity contribution in [2.45, 2.75) is 46.0 Å². The standard InChI is InChI=1S/C15H28N2/c1-14(2)5-9-17(10-6-14)12-13-11-15(13)3-7-16-8-4-15/h13,16H,3-12H2,1-2H3. The first-order valence-corrected chi connectivity index (χ1v) is 7.53. The van der Waals surface area contributed by atoms with E-state index in [-0.39, 0.29) is 0 Å². The van der Waals surface area contributed by atoms with Crippen molar-refractivity contribution >= 4 is 0 Å². The minimum absolute atomic E-state index is 0.604. The summed E-state index contributed by atoms with van der Waals surface area (Å²) in [6.07, 6.45) is 7.20. The zero-order valence-corrected chi connectivity index (χ0v) is 11.6. The van der Waals surface area contributed by atoms with Crippen LogP contribution < -0.4 is 5.32 Å². The van der Waals surface area contributed by atoms with Gasteiger partial charge in [0.05, 0.1) is 0 Å². The maximum atomic E-state index is 3.50. The molecule has 2 saturated heterocycles.